The van der Waals surface area contributed by atoms with Gasteiger partial charge in [-0.05, 0) is 42.3 Å². The third-order valence-electron chi connectivity index (χ3n) is 5.43. The number of hydrogen-bond donors (Lipinski definition) is 1. The molecule has 29 heavy (non-hydrogen) atoms. The van der Waals surface area contributed by atoms with E-state index in [1.54, 1.807) is 21.3 Å². The van der Waals surface area contributed by atoms with E-state index in [4.69, 9.17) is 19.2 Å². The van der Waals surface area contributed by atoms with Crippen LogP contribution in [0.5, 0.6) is 17.2 Å². The fourth-order valence-corrected chi connectivity index (χ4v) is 3.98. The van der Waals surface area contributed by atoms with Gasteiger partial charge in [-0.15, -0.1) is 0 Å². The summed E-state index contributed by atoms with van der Waals surface area (Å²) in [5, 5.41) is 10.9. The smallest absolute Gasteiger partial charge is 0.145 e. The average Bonchev–Trinajstić information content (AvgIpc) is 3.17. The number of fused-ring (bicyclic) bond motifs is 1. The highest BCUT2D eigenvalue weighted by Gasteiger charge is 2.23. The summed E-state index contributed by atoms with van der Waals surface area (Å²) in [5.74, 6) is 2.21. The Balaban J connectivity index is 1.94. The molecule has 4 rings (SSSR count). The first-order chi connectivity index (χ1) is 14.1. The molecule has 0 amide bonds. The van der Waals surface area contributed by atoms with Gasteiger partial charge < -0.3 is 19.3 Å². The Morgan fingerprint density at radius 1 is 1.00 bits per heavy atom. The van der Waals surface area contributed by atoms with Crippen LogP contribution in [-0.2, 0) is 6.54 Å². The molecule has 0 bridgehead atoms. The van der Waals surface area contributed by atoms with E-state index in [0.29, 0.717) is 18.8 Å². The van der Waals surface area contributed by atoms with Crippen molar-refractivity contribution < 1.29 is 19.3 Å². The number of benzene rings is 2. The van der Waals surface area contributed by atoms with E-state index in [9.17, 15) is 5.11 Å². The van der Waals surface area contributed by atoms with Crippen molar-refractivity contribution in [3.05, 3.63) is 48.0 Å². The third-order valence-corrected chi connectivity index (χ3v) is 5.43. The molecule has 1 N–H and O–H groups in total. The lowest BCUT2D eigenvalue weighted by atomic mass is 10.0. The van der Waals surface area contributed by atoms with E-state index in [0.717, 1.165) is 52.2 Å². The van der Waals surface area contributed by atoms with Crippen molar-refractivity contribution in [2.24, 2.45) is 0 Å². The standard InChI is InChI=1S/C23H26N2O4/c1-27-19-7-5-4-6-17(19)22-15(13-25-11-10-16(26)14-25)12-18-20(28-2)8-9-21(29-3)23(18)24-22/h4-9,12,16,26H,10-11,13-14H2,1-3H3. The highest BCUT2D eigenvalue weighted by atomic mass is 16.5. The number of likely N-dealkylation sites (tertiary alicyclic amines) is 1. The first-order valence-corrected chi connectivity index (χ1v) is 9.73. The van der Waals surface area contributed by atoms with Crippen LogP contribution in [0.3, 0.4) is 0 Å². The number of methoxy groups -OCH3 is 3. The number of hydrogen-bond acceptors (Lipinski definition) is 6. The molecule has 1 fully saturated rings. The zero-order valence-corrected chi connectivity index (χ0v) is 17.0. The van der Waals surface area contributed by atoms with E-state index in [-0.39, 0.29) is 6.10 Å². The van der Waals surface area contributed by atoms with Crippen molar-refractivity contribution >= 4 is 10.9 Å². The molecule has 6 nitrogen and oxygen atoms in total. The van der Waals surface area contributed by atoms with Crippen LogP contribution < -0.4 is 14.2 Å². The normalized spacial score (nSPS) is 16.9. The lowest BCUT2D eigenvalue weighted by molar-refractivity contribution is 0.175. The lowest BCUT2D eigenvalue weighted by Gasteiger charge is -2.20. The topological polar surface area (TPSA) is 64.0 Å². The summed E-state index contributed by atoms with van der Waals surface area (Å²) in [5.41, 5.74) is 3.58. The van der Waals surface area contributed by atoms with E-state index >= 15 is 0 Å². The van der Waals surface area contributed by atoms with Crippen LogP contribution in [0.15, 0.2) is 42.5 Å². The third kappa shape index (κ3) is 3.73. The monoisotopic (exact) mass is 394 g/mol. The van der Waals surface area contributed by atoms with E-state index < -0.39 is 0 Å². The number of ether oxygens (including phenoxy) is 3. The highest BCUT2D eigenvalue weighted by molar-refractivity contribution is 5.93. The molecule has 152 valence electrons. The number of β-amino-alcohol motifs (C(OH)–C–C–N with tert-alkyl or cyclic N) is 1. The van der Waals surface area contributed by atoms with E-state index in [2.05, 4.69) is 11.0 Å². The molecule has 3 aromatic rings. The molecule has 0 radical (unpaired) electrons. The maximum Gasteiger partial charge on any atom is 0.145 e. The van der Waals surface area contributed by atoms with E-state index in [1.807, 2.05) is 36.4 Å². The maximum absolute atomic E-state index is 9.95. The Bertz CT molecular complexity index is 1020. The summed E-state index contributed by atoms with van der Waals surface area (Å²) >= 11 is 0. The number of pyridine rings is 1. The maximum atomic E-state index is 9.95. The molecule has 1 atom stereocenters. The lowest BCUT2D eigenvalue weighted by Crippen LogP contribution is -2.22. The SMILES string of the molecule is COc1ccccc1-c1nc2c(OC)ccc(OC)c2cc1CN1CCC(O)C1. The van der Waals surface area contributed by atoms with Crippen molar-refractivity contribution in [2.45, 2.75) is 19.1 Å². The van der Waals surface area contributed by atoms with Gasteiger partial charge in [-0.3, -0.25) is 4.90 Å². The molecule has 6 heteroatoms. The summed E-state index contributed by atoms with van der Waals surface area (Å²) < 4.78 is 16.8. The van der Waals surface area contributed by atoms with E-state index in [1.165, 1.54) is 0 Å². The zero-order chi connectivity index (χ0) is 20.4. The molecule has 1 unspecified atom stereocenters. The van der Waals surface area contributed by atoms with Gasteiger partial charge in [0.25, 0.3) is 0 Å². The van der Waals surface area contributed by atoms with Crippen LogP contribution in [0.2, 0.25) is 0 Å². The van der Waals surface area contributed by atoms with Gasteiger partial charge in [0, 0.05) is 30.6 Å². The molecule has 0 spiro atoms. The highest BCUT2D eigenvalue weighted by Crippen LogP contribution is 2.38. The van der Waals surface area contributed by atoms with Crippen molar-refractivity contribution in [2.75, 3.05) is 34.4 Å². The molecular formula is C23H26N2O4. The molecule has 1 aliphatic rings. The molecule has 1 aliphatic heterocycles. The quantitative estimate of drug-likeness (QED) is 0.690. The average molecular weight is 394 g/mol. The van der Waals surface area contributed by atoms with Crippen LogP contribution >= 0.6 is 0 Å². The van der Waals surface area contributed by atoms with Gasteiger partial charge in [-0.1, -0.05) is 12.1 Å². The Labute approximate surface area is 170 Å². The van der Waals surface area contributed by atoms with Crippen LogP contribution in [0.1, 0.15) is 12.0 Å². The zero-order valence-electron chi connectivity index (χ0n) is 17.0. The summed E-state index contributed by atoms with van der Waals surface area (Å²) in [6, 6.07) is 13.8. The Morgan fingerprint density at radius 2 is 1.72 bits per heavy atom. The molecule has 0 aliphatic carbocycles. The molecule has 2 heterocycles. The summed E-state index contributed by atoms with van der Waals surface area (Å²) in [7, 11) is 4.97. The van der Waals surface area contributed by atoms with Gasteiger partial charge >= 0.3 is 0 Å². The minimum atomic E-state index is -0.271. The Kier molecular flexibility index (Phi) is 5.56. The summed E-state index contributed by atoms with van der Waals surface area (Å²) in [4.78, 5) is 7.27. The number of para-hydroxylation sites is 1. The molecule has 0 saturated carbocycles. The Morgan fingerprint density at radius 3 is 2.41 bits per heavy atom. The van der Waals surface area contributed by atoms with Crippen LogP contribution in [0, 0.1) is 0 Å². The van der Waals surface area contributed by atoms with Crippen LogP contribution in [0.4, 0.5) is 0 Å². The second-order valence-electron chi connectivity index (χ2n) is 7.24. The predicted molar refractivity (Wildman–Crippen MR) is 113 cm³/mol. The number of aliphatic hydroxyl groups excluding tert-OH is 1. The van der Waals surface area contributed by atoms with Crippen molar-refractivity contribution in [3.8, 4) is 28.5 Å². The van der Waals surface area contributed by atoms with Crippen LogP contribution in [0.25, 0.3) is 22.2 Å². The van der Waals surface area contributed by atoms with Crippen molar-refractivity contribution in [3.63, 3.8) is 0 Å². The van der Waals surface area contributed by atoms with Gasteiger partial charge in [0.05, 0.1) is 33.1 Å². The predicted octanol–water partition coefficient (Wildman–Crippen LogP) is 3.49. The van der Waals surface area contributed by atoms with Crippen molar-refractivity contribution in [1.29, 1.82) is 0 Å². The second kappa shape index (κ2) is 8.27. The largest absolute Gasteiger partial charge is 0.496 e. The molecule has 1 aromatic heterocycles. The van der Waals surface area contributed by atoms with Gasteiger partial charge in [-0.25, -0.2) is 4.98 Å². The second-order valence-corrected chi connectivity index (χ2v) is 7.24. The minimum Gasteiger partial charge on any atom is -0.496 e. The summed E-state index contributed by atoms with van der Waals surface area (Å²) in [6.45, 7) is 2.21. The number of aliphatic hydroxyl groups is 1. The Hall–Kier alpha value is -2.83. The summed E-state index contributed by atoms with van der Waals surface area (Å²) in [6.07, 6.45) is 0.523. The molecule has 1 saturated heterocycles. The van der Waals surface area contributed by atoms with Gasteiger partial charge in [0.2, 0.25) is 0 Å². The number of nitrogens with zero attached hydrogens (tertiary/aromatic N) is 2. The fraction of sp³-hybridized carbons (Fsp3) is 0.348. The van der Waals surface area contributed by atoms with Gasteiger partial charge in [0.1, 0.15) is 22.8 Å². The van der Waals surface area contributed by atoms with Gasteiger partial charge in [-0.2, -0.15) is 0 Å². The molecular weight excluding hydrogens is 368 g/mol. The van der Waals surface area contributed by atoms with Crippen LogP contribution in [-0.4, -0.2) is 55.5 Å². The number of rotatable bonds is 6. The van der Waals surface area contributed by atoms with Crippen molar-refractivity contribution in [1.82, 2.24) is 9.88 Å². The number of aromatic nitrogens is 1. The van der Waals surface area contributed by atoms with Gasteiger partial charge in [0.15, 0.2) is 0 Å². The molecule has 2 aromatic carbocycles. The first kappa shape index (κ1) is 19.5. The fourth-order valence-electron chi connectivity index (χ4n) is 3.98. The minimum absolute atomic E-state index is 0.271. The first-order valence-electron chi connectivity index (χ1n) is 9.73.